The highest BCUT2D eigenvalue weighted by Gasteiger charge is 2.36. The fourth-order valence-corrected chi connectivity index (χ4v) is 4.66. The highest BCUT2D eigenvalue weighted by molar-refractivity contribution is 7.14. The molecule has 0 bridgehead atoms. The number of allylic oxidation sites excluding steroid dienone is 1. The number of hydrogen-bond acceptors (Lipinski definition) is 4. The van der Waals surface area contributed by atoms with Crippen LogP contribution in [-0.2, 0) is 9.59 Å². The molecule has 28 heavy (non-hydrogen) atoms. The molecule has 2 aromatic rings. The summed E-state index contributed by atoms with van der Waals surface area (Å²) in [5.74, 6) is -1.52. The molecule has 0 fully saturated rings. The number of hydrogen-bond donors (Lipinski definition) is 1. The molecule has 0 spiro atoms. The first kappa shape index (κ1) is 20.6. The molecule has 148 valence electrons. The maximum Gasteiger partial charge on any atom is 0.304 e. The lowest BCUT2D eigenvalue weighted by Crippen LogP contribution is -2.42. The normalized spacial score (nSPS) is 20.3. The fourth-order valence-electron chi connectivity index (χ4n) is 3.59. The molecule has 1 amide bonds. The minimum absolute atomic E-state index is 0.0225. The van der Waals surface area contributed by atoms with Gasteiger partial charge in [-0.15, -0.1) is 11.3 Å². The van der Waals surface area contributed by atoms with Crippen LogP contribution in [0.15, 0.2) is 41.8 Å². The lowest BCUT2D eigenvalue weighted by molar-refractivity contribution is -0.142. The van der Waals surface area contributed by atoms with Crippen molar-refractivity contribution in [2.75, 3.05) is 11.4 Å². The van der Waals surface area contributed by atoms with Gasteiger partial charge in [0.2, 0.25) is 5.91 Å². The molecule has 1 aliphatic rings. The molecule has 2 heterocycles. The van der Waals surface area contributed by atoms with Crippen molar-refractivity contribution in [2.45, 2.75) is 26.7 Å². The third kappa shape index (κ3) is 4.45. The topological polar surface area (TPSA) is 70.5 Å². The Labute approximate surface area is 173 Å². The Kier molecular flexibility index (Phi) is 6.52. The van der Waals surface area contributed by atoms with Crippen molar-refractivity contribution in [2.24, 2.45) is 17.8 Å². The maximum atomic E-state index is 13.3. The Bertz CT molecular complexity index is 893. The van der Waals surface area contributed by atoms with E-state index in [1.165, 1.54) is 11.3 Å². The number of benzene rings is 1. The molecule has 1 aliphatic heterocycles. The first-order valence-electron chi connectivity index (χ1n) is 9.27. The molecule has 0 radical (unpaired) electrons. The van der Waals surface area contributed by atoms with Crippen molar-refractivity contribution in [3.05, 3.63) is 46.8 Å². The van der Waals surface area contributed by atoms with Crippen LogP contribution in [0.2, 0.25) is 5.02 Å². The van der Waals surface area contributed by atoms with Gasteiger partial charge in [-0.05, 0) is 24.3 Å². The van der Waals surface area contributed by atoms with Crippen molar-refractivity contribution in [3.8, 4) is 11.3 Å². The zero-order valence-corrected chi connectivity index (χ0v) is 17.4. The fraction of sp³-hybridized carbons (Fsp3) is 0.381. The van der Waals surface area contributed by atoms with Crippen molar-refractivity contribution < 1.29 is 14.7 Å². The van der Waals surface area contributed by atoms with Crippen LogP contribution >= 0.6 is 22.9 Å². The zero-order chi connectivity index (χ0) is 20.3. The van der Waals surface area contributed by atoms with Gasteiger partial charge in [-0.25, -0.2) is 4.98 Å². The molecule has 5 nitrogen and oxygen atoms in total. The minimum atomic E-state index is -0.954. The lowest BCUT2D eigenvalue weighted by Gasteiger charge is -2.33. The summed E-state index contributed by atoms with van der Waals surface area (Å²) in [4.78, 5) is 31.0. The summed E-state index contributed by atoms with van der Waals surface area (Å²) >= 11 is 7.64. The Balaban J connectivity index is 1.95. The number of thiazole rings is 1. The van der Waals surface area contributed by atoms with Gasteiger partial charge < -0.3 is 5.11 Å². The van der Waals surface area contributed by atoms with E-state index in [0.29, 0.717) is 28.8 Å². The van der Waals surface area contributed by atoms with Crippen LogP contribution < -0.4 is 4.90 Å². The standard InChI is InChI=1S/C21H23ClN2O3S/c1-13(2)14-7-5-6-10-24(20(27)16(14)11-19(25)26)21-23-18(12-28-21)15-8-3-4-9-17(15)22/h3-6,8-9,12-14,16H,7,10-11H2,1-2H3,(H,25,26). The summed E-state index contributed by atoms with van der Waals surface area (Å²) in [5, 5.41) is 12.4. The first-order chi connectivity index (χ1) is 13.4. The molecule has 2 unspecified atom stereocenters. The minimum Gasteiger partial charge on any atom is -0.481 e. The predicted molar refractivity (Wildman–Crippen MR) is 113 cm³/mol. The van der Waals surface area contributed by atoms with Crippen LogP contribution in [0, 0.1) is 17.8 Å². The van der Waals surface area contributed by atoms with Gasteiger partial charge in [0, 0.05) is 22.5 Å². The number of amides is 1. The van der Waals surface area contributed by atoms with Crippen LogP contribution in [-0.4, -0.2) is 28.5 Å². The molecular weight excluding hydrogens is 396 g/mol. The summed E-state index contributed by atoms with van der Waals surface area (Å²) in [6.45, 7) is 4.45. The molecule has 1 aromatic heterocycles. The third-order valence-corrected chi connectivity index (χ3v) is 6.28. The molecule has 1 aromatic carbocycles. The summed E-state index contributed by atoms with van der Waals surface area (Å²) in [5.41, 5.74) is 1.52. The number of carboxylic acids is 1. The van der Waals surface area contributed by atoms with Gasteiger partial charge in [0.1, 0.15) is 0 Å². The highest BCUT2D eigenvalue weighted by atomic mass is 35.5. The smallest absolute Gasteiger partial charge is 0.304 e. The zero-order valence-electron chi connectivity index (χ0n) is 15.8. The lowest BCUT2D eigenvalue weighted by atomic mass is 9.78. The van der Waals surface area contributed by atoms with Gasteiger partial charge in [0.25, 0.3) is 0 Å². The Morgan fingerprint density at radius 1 is 1.36 bits per heavy atom. The molecule has 0 saturated carbocycles. The van der Waals surface area contributed by atoms with E-state index >= 15 is 0 Å². The molecule has 1 N–H and O–H groups in total. The quantitative estimate of drug-likeness (QED) is 0.684. The van der Waals surface area contributed by atoms with Crippen LogP contribution in [0.4, 0.5) is 5.13 Å². The van der Waals surface area contributed by atoms with E-state index in [2.05, 4.69) is 4.98 Å². The first-order valence-corrected chi connectivity index (χ1v) is 10.5. The van der Waals surface area contributed by atoms with Gasteiger partial charge in [-0.3, -0.25) is 14.5 Å². The molecule has 3 rings (SSSR count). The summed E-state index contributed by atoms with van der Waals surface area (Å²) in [7, 11) is 0. The molecule has 2 atom stereocenters. The van der Waals surface area contributed by atoms with Gasteiger partial charge in [0.15, 0.2) is 5.13 Å². The third-order valence-electron chi connectivity index (χ3n) is 5.09. The van der Waals surface area contributed by atoms with Crippen molar-refractivity contribution in [3.63, 3.8) is 0 Å². The van der Waals surface area contributed by atoms with Crippen molar-refractivity contribution >= 4 is 39.9 Å². The number of aliphatic carboxylic acids is 1. The number of carbonyl (C=O) groups is 2. The number of aromatic nitrogens is 1. The number of anilines is 1. The van der Waals surface area contributed by atoms with Gasteiger partial charge >= 0.3 is 5.97 Å². The number of carboxylic acid groups (broad SMARTS) is 1. The van der Waals surface area contributed by atoms with E-state index in [0.717, 1.165) is 5.56 Å². The Morgan fingerprint density at radius 3 is 2.79 bits per heavy atom. The Hall–Kier alpha value is -2.18. The average Bonchev–Trinajstić information content (AvgIpc) is 3.11. The SMILES string of the molecule is CC(C)C1CC=CCN(c2nc(-c3ccccc3Cl)cs2)C(=O)C1CC(=O)O. The predicted octanol–water partition coefficient (Wildman–Crippen LogP) is 5.12. The van der Waals surface area contributed by atoms with Crippen molar-refractivity contribution in [1.82, 2.24) is 4.98 Å². The van der Waals surface area contributed by atoms with E-state index in [9.17, 15) is 14.7 Å². The number of nitrogens with zero attached hydrogens (tertiary/aromatic N) is 2. The van der Waals surface area contributed by atoms with Gasteiger partial charge in [-0.2, -0.15) is 0 Å². The molecule has 0 saturated heterocycles. The monoisotopic (exact) mass is 418 g/mol. The van der Waals surface area contributed by atoms with Crippen LogP contribution in [0.5, 0.6) is 0 Å². The molecule has 0 aliphatic carbocycles. The Morgan fingerprint density at radius 2 is 2.11 bits per heavy atom. The van der Waals surface area contributed by atoms with Gasteiger partial charge in [-0.1, -0.05) is 55.8 Å². The average molecular weight is 419 g/mol. The summed E-state index contributed by atoms with van der Waals surface area (Å²) < 4.78 is 0. The van der Waals surface area contributed by atoms with Crippen LogP contribution in [0.25, 0.3) is 11.3 Å². The van der Waals surface area contributed by atoms with Crippen molar-refractivity contribution in [1.29, 1.82) is 0 Å². The summed E-state index contributed by atoms with van der Waals surface area (Å²) in [6, 6.07) is 7.43. The van der Waals surface area contributed by atoms with Gasteiger partial charge in [0.05, 0.1) is 18.0 Å². The largest absolute Gasteiger partial charge is 0.481 e. The second-order valence-corrected chi connectivity index (χ2v) is 8.51. The van der Waals surface area contributed by atoms with Crippen LogP contribution in [0.1, 0.15) is 26.7 Å². The van der Waals surface area contributed by atoms with E-state index in [1.54, 1.807) is 11.0 Å². The summed E-state index contributed by atoms with van der Waals surface area (Å²) in [6.07, 6.45) is 4.54. The number of halogens is 1. The van der Waals surface area contributed by atoms with E-state index < -0.39 is 11.9 Å². The van der Waals surface area contributed by atoms with E-state index in [1.807, 2.05) is 49.6 Å². The second-order valence-electron chi connectivity index (χ2n) is 7.26. The number of rotatable bonds is 5. The van der Waals surface area contributed by atoms with E-state index in [4.69, 9.17) is 11.6 Å². The maximum absolute atomic E-state index is 13.3. The molecule has 7 heteroatoms. The number of carbonyl (C=O) groups excluding carboxylic acids is 1. The highest BCUT2D eigenvalue weighted by Crippen LogP contribution is 2.35. The molecular formula is C21H23ClN2O3S. The second kappa shape index (κ2) is 8.88. The van der Waals surface area contributed by atoms with Crippen LogP contribution in [0.3, 0.4) is 0 Å². The van der Waals surface area contributed by atoms with E-state index in [-0.39, 0.29) is 24.2 Å².